The SMILES string of the molecule is COc1cccc(F)c1C(C)NCC1CCCCC1. The van der Waals surface area contributed by atoms with Crippen molar-refractivity contribution in [3.05, 3.63) is 29.6 Å². The summed E-state index contributed by atoms with van der Waals surface area (Å²) in [5.41, 5.74) is 0.640. The van der Waals surface area contributed by atoms with Crippen LogP contribution in [0.1, 0.15) is 50.6 Å². The molecule has 1 atom stereocenters. The Labute approximate surface area is 115 Å². The molecule has 0 amide bonds. The van der Waals surface area contributed by atoms with E-state index >= 15 is 0 Å². The third kappa shape index (κ3) is 3.69. The quantitative estimate of drug-likeness (QED) is 0.866. The molecule has 0 saturated heterocycles. The van der Waals surface area contributed by atoms with Gasteiger partial charge >= 0.3 is 0 Å². The van der Waals surface area contributed by atoms with Crippen molar-refractivity contribution in [2.24, 2.45) is 5.92 Å². The number of halogens is 1. The Hall–Kier alpha value is -1.09. The van der Waals surface area contributed by atoms with Crippen molar-refractivity contribution in [2.75, 3.05) is 13.7 Å². The zero-order chi connectivity index (χ0) is 13.7. The summed E-state index contributed by atoms with van der Waals surface area (Å²) in [7, 11) is 1.59. The van der Waals surface area contributed by atoms with Gasteiger partial charge in [-0.2, -0.15) is 0 Å². The highest BCUT2D eigenvalue weighted by Crippen LogP contribution is 2.29. The van der Waals surface area contributed by atoms with E-state index in [-0.39, 0.29) is 11.9 Å². The number of nitrogens with one attached hydrogen (secondary N) is 1. The average molecular weight is 265 g/mol. The van der Waals surface area contributed by atoms with E-state index in [4.69, 9.17) is 4.74 Å². The molecule has 1 aromatic rings. The van der Waals surface area contributed by atoms with Gasteiger partial charge in [0.15, 0.2) is 0 Å². The second-order valence-corrected chi connectivity index (χ2v) is 5.49. The zero-order valence-corrected chi connectivity index (χ0v) is 11.9. The van der Waals surface area contributed by atoms with Crippen LogP contribution < -0.4 is 10.1 Å². The monoisotopic (exact) mass is 265 g/mol. The molecule has 0 heterocycles. The van der Waals surface area contributed by atoms with Crippen molar-refractivity contribution < 1.29 is 9.13 Å². The molecule has 1 saturated carbocycles. The Bertz CT molecular complexity index is 402. The summed E-state index contributed by atoms with van der Waals surface area (Å²) >= 11 is 0. The molecule has 1 N–H and O–H groups in total. The smallest absolute Gasteiger partial charge is 0.131 e. The lowest BCUT2D eigenvalue weighted by Crippen LogP contribution is -2.27. The van der Waals surface area contributed by atoms with Gasteiger partial charge in [-0.05, 0) is 44.4 Å². The van der Waals surface area contributed by atoms with Gasteiger partial charge in [0.1, 0.15) is 11.6 Å². The minimum absolute atomic E-state index is 0.0157. The Morgan fingerprint density at radius 3 is 2.74 bits per heavy atom. The van der Waals surface area contributed by atoms with E-state index in [9.17, 15) is 4.39 Å². The Morgan fingerprint density at radius 2 is 2.05 bits per heavy atom. The molecule has 2 nitrogen and oxygen atoms in total. The third-order valence-corrected chi connectivity index (χ3v) is 4.10. The van der Waals surface area contributed by atoms with Gasteiger partial charge in [-0.25, -0.2) is 4.39 Å². The third-order valence-electron chi connectivity index (χ3n) is 4.10. The van der Waals surface area contributed by atoms with Gasteiger partial charge < -0.3 is 10.1 Å². The Balaban J connectivity index is 1.97. The molecule has 2 rings (SSSR count). The van der Waals surface area contributed by atoms with Crippen molar-refractivity contribution in [1.82, 2.24) is 5.32 Å². The first-order chi connectivity index (χ1) is 9.22. The standard InChI is InChI=1S/C16H24FNO/c1-12(18-11-13-7-4-3-5-8-13)16-14(17)9-6-10-15(16)19-2/h6,9-10,12-13,18H,3-5,7-8,11H2,1-2H3. The fraction of sp³-hybridized carbons (Fsp3) is 0.625. The van der Waals surface area contributed by atoms with Crippen molar-refractivity contribution in [3.8, 4) is 5.75 Å². The molecule has 0 aliphatic heterocycles. The van der Waals surface area contributed by atoms with Crippen LogP contribution in [0.2, 0.25) is 0 Å². The van der Waals surface area contributed by atoms with Gasteiger partial charge in [0.25, 0.3) is 0 Å². The molecule has 0 bridgehead atoms. The van der Waals surface area contributed by atoms with Crippen LogP contribution in [0.15, 0.2) is 18.2 Å². The molecule has 0 aromatic heterocycles. The first-order valence-electron chi connectivity index (χ1n) is 7.28. The maximum atomic E-state index is 13.9. The molecule has 1 fully saturated rings. The van der Waals surface area contributed by atoms with E-state index in [1.54, 1.807) is 13.2 Å². The molecule has 1 unspecified atom stereocenters. The highest BCUT2D eigenvalue weighted by molar-refractivity contribution is 5.36. The fourth-order valence-corrected chi connectivity index (χ4v) is 2.95. The summed E-state index contributed by atoms with van der Waals surface area (Å²) in [6.45, 7) is 2.97. The molecule has 0 radical (unpaired) electrons. The van der Waals surface area contributed by atoms with Gasteiger partial charge in [-0.3, -0.25) is 0 Å². The van der Waals surface area contributed by atoms with E-state index in [1.165, 1.54) is 38.2 Å². The Kier molecular flexibility index (Phi) is 5.20. The summed E-state index contributed by atoms with van der Waals surface area (Å²) in [4.78, 5) is 0. The van der Waals surface area contributed by atoms with Crippen LogP contribution >= 0.6 is 0 Å². The molecule has 1 aromatic carbocycles. The van der Waals surface area contributed by atoms with E-state index in [2.05, 4.69) is 5.32 Å². The van der Waals surface area contributed by atoms with Crippen LogP contribution in [-0.4, -0.2) is 13.7 Å². The second-order valence-electron chi connectivity index (χ2n) is 5.49. The minimum Gasteiger partial charge on any atom is -0.496 e. The first-order valence-corrected chi connectivity index (χ1v) is 7.28. The van der Waals surface area contributed by atoms with Crippen LogP contribution in [0.5, 0.6) is 5.75 Å². The lowest BCUT2D eigenvalue weighted by atomic mass is 9.89. The van der Waals surface area contributed by atoms with Crippen LogP contribution in [0.4, 0.5) is 4.39 Å². The number of benzene rings is 1. The van der Waals surface area contributed by atoms with Crippen molar-refractivity contribution in [3.63, 3.8) is 0 Å². The number of hydrogen-bond donors (Lipinski definition) is 1. The van der Waals surface area contributed by atoms with Crippen molar-refractivity contribution >= 4 is 0 Å². The van der Waals surface area contributed by atoms with Gasteiger partial charge in [0.2, 0.25) is 0 Å². The molecule has 19 heavy (non-hydrogen) atoms. The van der Waals surface area contributed by atoms with Crippen molar-refractivity contribution in [2.45, 2.75) is 45.1 Å². The number of rotatable bonds is 5. The van der Waals surface area contributed by atoms with E-state index in [0.29, 0.717) is 11.3 Å². The van der Waals surface area contributed by atoms with Gasteiger partial charge in [0.05, 0.1) is 7.11 Å². The summed E-state index contributed by atoms with van der Waals surface area (Å²) < 4.78 is 19.2. The van der Waals surface area contributed by atoms with Crippen LogP contribution in [-0.2, 0) is 0 Å². The summed E-state index contributed by atoms with van der Waals surface area (Å²) in [5, 5.41) is 3.46. The lowest BCUT2D eigenvalue weighted by Gasteiger charge is -2.25. The second kappa shape index (κ2) is 6.90. The van der Waals surface area contributed by atoms with Crippen LogP contribution in [0.25, 0.3) is 0 Å². The van der Waals surface area contributed by atoms with Gasteiger partial charge in [0, 0.05) is 11.6 Å². The van der Waals surface area contributed by atoms with Gasteiger partial charge in [-0.15, -0.1) is 0 Å². The van der Waals surface area contributed by atoms with E-state index in [1.807, 2.05) is 13.0 Å². The van der Waals surface area contributed by atoms with Crippen LogP contribution in [0, 0.1) is 11.7 Å². The van der Waals surface area contributed by atoms with E-state index in [0.717, 1.165) is 12.5 Å². The topological polar surface area (TPSA) is 21.3 Å². The molecule has 3 heteroatoms. The van der Waals surface area contributed by atoms with E-state index < -0.39 is 0 Å². The number of methoxy groups -OCH3 is 1. The number of ether oxygens (including phenoxy) is 1. The highest BCUT2D eigenvalue weighted by Gasteiger charge is 2.18. The minimum atomic E-state index is -0.192. The molecule has 0 spiro atoms. The first kappa shape index (κ1) is 14.3. The Morgan fingerprint density at radius 1 is 1.32 bits per heavy atom. The molecule has 1 aliphatic carbocycles. The maximum absolute atomic E-state index is 13.9. The normalized spacial score (nSPS) is 18.3. The largest absolute Gasteiger partial charge is 0.496 e. The number of hydrogen-bond acceptors (Lipinski definition) is 2. The van der Waals surface area contributed by atoms with Crippen LogP contribution in [0.3, 0.4) is 0 Å². The average Bonchev–Trinajstić information content (AvgIpc) is 2.45. The zero-order valence-electron chi connectivity index (χ0n) is 11.9. The molecule has 106 valence electrons. The van der Waals surface area contributed by atoms with Crippen molar-refractivity contribution in [1.29, 1.82) is 0 Å². The molecule has 1 aliphatic rings. The maximum Gasteiger partial charge on any atom is 0.131 e. The fourth-order valence-electron chi connectivity index (χ4n) is 2.95. The predicted molar refractivity (Wildman–Crippen MR) is 75.9 cm³/mol. The molecular formula is C16H24FNO. The highest BCUT2D eigenvalue weighted by atomic mass is 19.1. The molecular weight excluding hydrogens is 241 g/mol. The summed E-state index contributed by atoms with van der Waals surface area (Å²) in [6, 6.07) is 4.98. The lowest BCUT2D eigenvalue weighted by molar-refractivity contribution is 0.326. The predicted octanol–water partition coefficient (Wildman–Crippen LogP) is 4.07. The summed E-state index contributed by atoms with van der Waals surface area (Å²) in [5.74, 6) is 1.18. The summed E-state index contributed by atoms with van der Waals surface area (Å²) in [6.07, 6.45) is 6.64. The van der Waals surface area contributed by atoms with Gasteiger partial charge in [-0.1, -0.05) is 25.3 Å².